The molecule has 0 spiro atoms. The molecule has 0 radical (unpaired) electrons. The van der Waals surface area contributed by atoms with Gasteiger partial charge in [-0.15, -0.1) is 0 Å². The lowest BCUT2D eigenvalue weighted by molar-refractivity contribution is -0.149. The highest BCUT2D eigenvalue weighted by Gasteiger charge is 2.46. The Morgan fingerprint density at radius 3 is 2.30 bits per heavy atom. The van der Waals surface area contributed by atoms with Crippen molar-refractivity contribution in [2.45, 2.75) is 12.8 Å². The van der Waals surface area contributed by atoms with Gasteiger partial charge in [-0.25, -0.2) is 0 Å². The van der Waals surface area contributed by atoms with E-state index in [4.69, 9.17) is 9.47 Å². The van der Waals surface area contributed by atoms with Gasteiger partial charge in [-0.1, -0.05) is 60.7 Å². The fraction of sp³-hybridized carbons (Fsp3) is 0.217. The topological polar surface area (TPSA) is 59.3 Å². The first-order valence-electron chi connectivity index (χ1n) is 8.67. The zero-order valence-electron chi connectivity index (χ0n) is 15.6. The first kappa shape index (κ1) is 18.5. The number of carbonyl (C=O) groups excluding carboxylic acids is 1. The van der Waals surface area contributed by atoms with E-state index in [1.54, 1.807) is 14.0 Å². The van der Waals surface area contributed by atoms with Crippen molar-refractivity contribution in [1.82, 2.24) is 0 Å². The molecule has 2 atom stereocenters. The summed E-state index contributed by atoms with van der Waals surface area (Å²) in [6.45, 7) is 1.62. The fourth-order valence-electron chi connectivity index (χ4n) is 3.64. The Hall–Kier alpha value is -3.32. The molecule has 0 aliphatic carbocycles. The number of benzene rings is 3. The minimum absolute atomic E-state index is 0.558. The Balaban J connectivity index is 2.38. The summed E-state index contributed by atoms with van der Waals surface area (Å²) in [5, 5.41) is 12.1. The van der Waals surface area contributed by atoms with Gasteiger partial charge >= 0.3 is 5.97 Å². The van der Waals surface area contributed by atoms with E-state index in [0.29, 0.717) is 5.75 Å². The van der Waals surface area contributed by atoms with Gasteiger partial charge in [0.1, 0.15) is 5.75 Å². The minimum Gasteiger partial charge on any atom is -0.496 e. The molecule has 0 fully saturated rings. The van der Waals surface area contributed by atoms with Crippen molar-refractivity contribution < 1.29 is 14.3 Å². The number of para-hydroxylation sites is 1. The molecule has 4 nitrogen and oxygen atoms in total. The molecule has 0 saturated carbocycles. The van der Waals surface area contributed by atoms with Crippen LogP contribution in [-0.4, -0.2) is 20.2 Å². The number of hydrogen-bond donors (Lipinski definition) is 0. The average molecular weight is 359 g/mol. The number of fused-ring (bicyclic) bond motifs is 1. The molecule has 0 N–H and O–H groups in total. The van der Waals surface area contributed by atoms with Crippen LogP contribution in [0.3, 0.4) is 0 Å². The number of rotatable bonds is 5. The number of carbonyl (C=O) groups is 1. The van der Waals surface area contributed by atoms with Gasteiger partial charge in [-0.05, 0) is 29.3 Å². The minimum atomic E-state index is -1.42. The molecular weight excluding hydrogens is 338 g/mol. The lowest BCUT2D eigenvalue weighted by atomic mass is 9.69. The van der Waals surface area contributed by atoms with Crippen LogP contribution in [0.5, 0.6) is 5.75 Å². The quantitative estimate of drug-likeness (QED) is 0.621. The Morgan fingerprint density at radius 2 is 1.59 bits per heavy atom. The number of esters is 1. The fourth-order valence-corrected chi connectivity index (χ4v) is 3.64. The maximum absolute atomic E-state index is 12.7. The summed E-state index contributed by atoms with van der Waals surface area (Å²) < 4.78 is 10.6. The highest BCUT2D eigenvalue weighted by atomic mass is 16.5. The van der Waals surface area contributed by atoms with Crippen molar-refractivity contribution in [3.63, 3.8) is 0 Å². The molecule has 3 aromatic carbocycles. The molecule has 0 unspecified atom stereocenters. The van der Waals surface area contributed by atoms with Gasteiger partial charge in [0.05, 0.1) is 20.3 Å². The van der Waals surface area contributed by atoms with Gasteiger partial charge in [-0.3, -0.25) is 4.79 Å². The van der Waals surface area contributed by atoms with Gasteiger partial charge in [0.2, 0.25) is 0 Å². The van der Waals surface area contributed by atoms with E-state index in [2.05, 4.69) is 6.07 Å². The van der Waals surface area contributed by atoms with Crippen molar-refractivity contribution in [3.05, 3.63) is 77.9 Å². The van der Waals surface area contributed by atoms with Crippen LogP contribution in [0, 0.1) is 16.7 Å². The molecule has 3 rings (SSSR count). The van der Waals surface area contributed by atoms with E-state index in [-0.39, 0.29) is 0 Å². The monoisotopic (exact) mass is 359 g/mol. The summed E-state index contributed by atoms with van der Waals surface area (Å²) in [6.07, 6.45) is 0. The second kappa shape index (κ2) is 7.51. The van der Waals surface area contributed by atoms with Gasteiger partial charge in [0.15, 0.2) is 5.41 Å². The molecule has 0 bridgehead atoms. The second-order valence-electron chi connectivity index (χ2n) is 6.55. The zero-order chi connectivity index (χ0) is 19.4. The molecule has 3 aromatic rings. The van der Waals surface area contributed by atoms with Crippen LogP contribution in [0.1, 0.15) is 24.0 Å². The molecule has 0 aliphatic rings. The predicted molar refractivity (Wildman–Crippen MR) is 105 cm³/mol. The van der Waals surface area contributed by atoms with Crippen LogP contribution in [0.4, 0.5) is 0 Å². The smallest absolute Gasteiger partial charge is 0.326 e. The molecule has 136 valence electrons. The van der Waals surface area contributed by atoms with Gasteiger partial charge in [0.25, 0.3) is 0 Å². The Bertz CT molecular complexity index is 1020. The van der Waals surface area contributed by atoms with Crippen LogP contribution in [0.15, 0.2) is 66.7 Å². The van der Waals surface area contributed by atoms with Crippen LogP contribution in [-0.2, 0) is 9.53 Å². The number of ether oxygens (including phenoxy) is 2. The largest absolute Gasteiger partial charge is 0.496 e. The van der Waals surface area contributed by atoms with Crippen molar-refractivity contribution in [2.24, 2.45) is 5.41 Å². The summed E-state index contributed by atoms with van der Waals surface area (Å²) in [6, 6.07) is 23.5. The maximum atomic E-state index is 12.7. The molecule has 0 aromatic heterocycles. The van der Waals surface area contributed by atoms with E-state index in [1.165, 1.54) is 7.11 Å². The standard InChI is InChI=1S/C23H21NO3/c1-23(15-24,22(25)27-3)21(19-12-6-7-14-20(19)26-2)18-13-8-10-16-9-4-5-11-17(16)18/h4-14,21H,1-3H3/t21-,23+/m1/s1. The molecule has 27 heavy (non-hydrogen) atoms. The van der Waals surface area contributed by atoms with Gasteiger partial charge < -0.3 is 9.47 Å². The van der Waals surface area contributed by atoms with Crippen LogP contribution in [0.2, 0.25) is 0 Å². The highest BCUT2D eigenvalue weighted by molar-refractivity contribution is 5.89. The number of methoxy groups -OCH3 is 2. The first-order valence-corrected chi connectivity index (χ1v) is 8.67. The third-order valence-corrected chi connectivity index (χ3v) is 5.00. The summed E-state index contributed by atoms with van der Waals surface area (Å²) in [5.41, 5.74) is 0.228. The third kappa shape index (κ3) is 3.13. The zero-order valence-corrected chi connectivity index (χ0v) is 15.6. The van der Waals surface area contributed by atoms with E-state index in [1.807, 2.05) is 66.7 Å². The van der Waals surface area contributed by atoms with Crippen LogP contribution >= 0.6 is 0 Å². The summed E-state index contributed by atoms with van der Waals surface area (Å²) in [7, 11) is 2.89. The summed E-state index contributed by atoms with van der Waals surface area (Å²) in [4.78, 5) is 12.7. The number of nitrogens with zero attached hydrogens (tertiary/aromatic N) is 1. The summed E-state index contributed by atoms with van der Waals surface area (Å²) >= 11 is 0. The number of hydrogen-bond acceptors (Lipinski definition) is 4. The third-order valence-electron chi connectivity index (χ3n) is 5.00. The first-order chi connectivity index (χ1) is 13.1. The number of nitriles is 1. The van der Waals surface area contributed by atoms with Crippen molar-refractivity contribution in [2.75, 3.05) is 14.2 Å². The van der Waals surface area contributed by atoms with Crippen LogP contribution < -0.4 is 4.74 Å². The SMILES string of the molecule is COC(=O)[C@@](C)(C#N)[C@@H](c1ccccc1OC)c1cccc2ccccc12. The normalized spacial score (nSPS) is 14.0. The molecule has 0 heterocycles. The molecule has 0 amide bonds. The van der Waals surface area contributed by atoms with Gasteiger partial charge in [-0.2, -0.15) is 5.26 Å². The Morgan fingerprint density at radius 1 is 0.963 bits per heavy atom. The van der Waals surface area contributed by atoms with E-state index < -0.39 is 17.3 Å². The van der Waals surface area contributed by atoms with Crippen molar-refractivity contribution >= 4 is 16.7 Å². The van der Waals surface area contributed by atoms with Crippen molar-refractivity contribution in [1.29, 1.82) is 5.26 Å². The molecule has 4 heteroatoms. The second-order valence-corrected chi connectivity index (χ2v) is 6.55. The maximum Gasteiger partial charge on any atom is 0.326 e. The van der Waals surface area contributed by atoms with Crippen LogP contribution in [0.25, 0.3) is 10.8 Å². The lowest BCUT2D eigenvalue weighted by Gasteiger charge is -2.31. The highest BCUT2D eigenvalue weighted by Crippen LogP contribution is 2.46. The molecule has 0 aliphatic heterocycles. The Labute approximate surface area is 159 Å². The van der Waals surface area contributed by atoms with E-state index in [0.717, 1.165) is 21.9 Å². The van der Waals surface area contributed by atoms with Gasteiger partial charge in [0, 0.05) is 11.5 Å². The molecule has 0 saturated heterocycles. The molecular formula is C23H21NO3. The van der Waals surface area contributed by atoms with Crippen molar-refractivity contribution in [3.8, 4) is 11.8 Å². The van der Waals surface area contributed by atoms with E-state index >= 15 is 0 Å². The average Bonchev–Trinajstić information content (AvgIpc) is 2.73. The van der Waals surface area contributed by atoms with E-state index in [9.17, 15) is 10.1 Å². The predicted octanol–water partition coefficient (Wildman–Crippen LogP) is 4.68. The Kier molecular flexibility index (Phi) is 5.14. The summed E-state index contributed by atoms with van der Waals surface area (Å²) in [5.74, 6) is -0.508. The lowest BCUT2D eigenvalue weighted by Crippen LogP contribution is -2.35.